The number of fused-ring (bicyclic) bond motifs is 1. The Bertz CT molecular complexity index is 1080. The van der Waals surface area contributed by atoms with Crippen molar-refractivity contribution in [2.24, 2.45) is 0 Å². The van der Waals surface area contributed by atoms with E-state index in [9.17, 15) is 14.0 Å². The van der Waals surface area contributed by atoms with Gasteiger partial charge in [0.25, 0.3) is 5.91 Å². The molecule has 1 unspecified atom stereocenters. The molecule has 6 heteroatoms. The predicted molar refractivity (Wildman–Crippen MR) is 106 cm³/mol. The molecule has 0 radical (unpaired) electrons. The number of anilines is 1. The van der Waals surface area contributed by atoms with Crippen LogP contribution < -0.4 is 10.1 Å². The third kappa shape index (κ3) is 3.82. The Morgan fingerprint density at radius 2 is 1.86 bits per heavy atom. The highest BCUT2D eigenvalue weighted by Gasteiger charge is 2.28. The maximum absolute atomic E-state index is 13.2. The number of ether oxygens (including phenoxy) is 2. The number of carbonyl (C=O) groups excluding carboxylic acids is 2. The molecule has 0 saturated heterocycles. The summed E-state index contributed by atoms with van der Waals surface area (Å²) in [5.74, 6) is -0.572. The Hall–Kier alpha value is -3.67. The predicted octanol–water partition coefficient (Wildman–Crippen LogP) is 4.54. The summed E-state index contributed by atoms with van der Waals surface area (Å²) >= 11 is 0. The third-order valence-corrected chi connectivity index (χ3v) is 4.84. The van der Waals surface area contributed by atoms with Gasteiger partial charge in [-0.1, -0.05) is 24.3 Å². The van der Waals surface area contributed by atoms with Crippen LogP contribution in [-0.2, 0) is 11.2 Å². The maximum Gasteiger partial charge on any atom is 0.339 e. The smallest absolute Gasteiger partial charge is 0.339 e. The largest absolute Gasteiger partial charge is 0.495 e. The van der Waals surface area contributed by atoms with Crippen LogP contribution in [0, 0.1) is 5.82 Å². The Morgan fingerprint density at radius 3 is 2.62 bits per heavy atom. The molecular formula is C23H18FNO4. The first-order valence-electron chi connectivity index (χ1n) is 9.09. The van der Waals surface area contributed by atoms with Gasteiger partial charge in [-0.05, 0) is 53.6 Å². The molecule has 1 aliphatic rings. The molecule has 3 aromatic rings. The van der Waals surface area contributed by atoms with E-state index in [1.165, 1.54) is 19.2 Å². The Morgan fingerprint density at radius 1 is 1.10 bits per heavy atom. The molecule has 1 N–H and O–H groups in total. The fraction of sp³-hybridized carbons (Fsp3) is 0.130. The average Bonchev–Trinajstić information content (AvgIpc) is 2.74. The molecule has 0 saturated carbocycles. The lowest BCUT2D eigenvalue weighted by atomic mass is 9.93. The molecule has 0 fully saturated rings. The second kappa shape index (κ2) is 7.75. The molecule has 0 aliphatic carbocycles. The number of para-hydroxylation sites is 2. The van der Waals surface area contributed by atoms with Crippen molar-refractivity contribution in [2.45, 2.75) is 12.5 Å². The van der Waals surface area contributed by atoms with Crippen LogP contribution in [-0.4, -0.2) is 19.0 Å². The second-order valence-corrected chi connectivity index (χ2v) is 6.68. The van der Waals surface area contributed by atoms with Crippen LogP contribution in [0.25, 0.3) is 0 Å². The van der Waals surface area contributed by atoms with E-state index >= 15 is 0 Å². The van der Waals surface area contributed by atoms with Gasteiger partial charge in [-0.2, -0.15) is 0 Å². The number of esters is 1. The van der Waals surface area contributed by atoms with Gasteiger partial charge in [0.05, 0.1) is 18.4 Å². The highest BCUT2D eigenvalue weighted by Crippen LogP contribution is 2.31. The number of methoxy groups -OCH3 is 1. The highest BCUT2D eigenvalue weighted by molar-refractivity contribution is 6.06. The van der Waals surface area contributed by atoms with Crippen LogP contribution in [0.15, 0.2) is 66.7 Å². The van der Waals surface area contributed by atoms with Crippen molar-refractivity contribution in [1.82, 2.24) is 0 Å². The van der Waals surface area contributed by atoms with Crippen molar-refractivity contribution in [1.29, 1.82) is 0 Å². The zero-order chi connectivity index (χ0) is 20.4. The van der Waals surface area contributed by atoms with Gasteiger partial charge in [-0.3, -0.25) is 4.79 Å². The molecule has 1 amide bonds. The molecule has 1 atom stereocenters. The van der Waals surface area contributed by atoms with E-state index in [-0.39, 0.29) is 11.7 Å². The van der Waals surface area contributed by atoms with Crippen molar-refractivity contribution in [3.63, 3.8) is 0 Å². The fourth-order valence-electron chi connectivity index (χ4n) is 3.34. The van der Waals surface area contributed by atoms with Gasteiger partial charge < -0.3 is 14.8 Å². The van der Waals surface area contributed by atoms with E-state index in [1.807, 2.05) is 6.07 Å². The lowest BCUT2D eigenvalue weighted by molar-refractivity contribution is 0.0252. The minimum atomic E-state index is -0.525. The number of amides is 1. The average molecular weight is 391 g/mol. The quantitative estimate of drug-likeness (QED) is 0.663. The summed E-state index contributed by atoms with van der Waals surface area (Å²) in [7, 11) is 1.53. The van der Waals surface area contributed by atoms with Gasteiger partial charge in [-0.15, -0.1) is 0 Å². The third-order valence-electron chi connectivity index (χ3n) is 4.84. The van der Waals surface area contributed by atoms with Gasteiger partial charge >= 0.3 is 5.97 Å². The molecule has 0 spiro atoms. The molecule has 146 valence electrons. The van der Waals surface area contributed by atoms with Gasteiger partial charge in [0, 0.05) is 12.0 Å². The minimum Gasteiger partial charge on any atom is -0.495 e. The standard InChI is InChI=1S/C23H18FNO4/c1-28-20-5-3-2-4-19(20)25-22(26)15-8-11-18-16(12-15)13-21(29-23(18)27)14-6-9-17(24)10-7-14/h2-12,21H,13H2,1H3,(H,25,26). The summed E-state index contributed by atoms with van der Waals surface area (Å²) in [6.07, 6.45) is -0.120. The molecule has 3 aromatic carbocycles. The normalized spacial score (nSPS) is 15.2. The monoisotopic (exact) mass is 391 g/mol. The highest BCUT2D eigenvalue weighted by atomic mass is 19.1. The van der Waals surface area contributed by atoms with Crippen LogP contribution in [0.3, 0.4) is 0 Å². The molecule has 0 aromatic heterocycles. The molecule has 0 bridgehead atoms. The van der Waals surface area contributed by atoms with Crippen LogP contribution in [0.2, 0.25) is 0 Å². The topological polar surface area (TPSA) is 64.6 Å². The first-order valence-corrected chi connectivity index (χ1v) is 9.09. The molecule has 1 aliphatic heterocycles. The van der Waals surface area contributed by atoms with Crippen LogP contribution in [0.1, 0.15) is 37.9 Å². The van der Waals surface area contributed by atoms with Crippen molar-refractivity contribution >= 4 is 17.6 Å². The van der Waals surface area contributed by atoms with Crippen molar-refractivity contribution in [3.8, 4) is 5.75 Å². The lowest BCUT2D eigenvalue weighted by Gasteiger charge is -2.25. The van der Waals surface area contributed by atoms with Gasteiger partial charge in [0.15, 0.2) is 0 Å². The summed E-state index contributed by atoms with van der Waals surface area (Å²) in [5.41, 5.74) is 2.82. The number of rotatable bonds is 4. The van der Waals surface area contributed by atoms with Gasteiger partial charge in [0.1, 0.15) is 17.7 Å². The van der Waals surface area contributed by atoms with Crippen LogP contribution >= 0.6 is 0 Å². The van der Waals surface area contributed by atoms with Crippen LogP contribution in [0.5, 0.6) is 5.75 Å². The molecule has 4 rings (SSSR count). The van der Waals surface area contributed by atoms with Crippen LogP contribution in [0.4, 0.5) is 10.1 Å². The minimum absolute atomic E-state index is 0.311. The molecule has 5 nitrogen and oxygen atoms in total. The molecule has 1 heterocycles. The maximum atomic E-state index is 13.2. The number of cyclic esters (lactones) is 1. The van der Waals surface area contributed by atoms with E-state index in [2.05, 4.69) is 5.32 Å². The van der Waals surface area contributed by atoms with Crippen molar-refractivity contribution in [3.05, 3.63) is 94.8 Å². The number of carbonyl (C=O) groups is 2. The zero-order valence-corrected chi connectivity index (χ0v) is 15.6. The number of halogens is 1. The summed E-state index contributed by atoms with van der Waals surface area (Å²) in [6.45, 7) is 0. The first kappa shape index (κ1) is 18.7. The number of hydrogen-bond acceptors (Lipinski definition) is 4. The molecule has 29 heavy (non-hydrogen) atoms. The lowest BCUT2D eigenvalue weighted by Crippen LogP contribution is -2.23. The summed E-state index contributed by atoms with van der Waals surface area (Å²) < 4.78 is 23.9. The van der Waals surface area contributed by atoms with E-state index in [0.717, 1.165) is 0 Å². The summed E-state index contributed by atoms with van der Waals surface area (Å²) in [6, 6.07) is 17.8. The summed E-state index contributed by atoms with van der Waals surface area (Å²) in [4.78, 5) is 25.1. The SMILES string of the molecule is COc1ccccc1NC(=O)c1ccc2c(c1)CC(c1ccc(F)cc1)OC2=O. The summed E-state index contributed by atoms with van der Waals surface area (Å²) in [5, 5.41) is 2.82. The Balaban J connectivity index is 1.59. The Kier molecular flexibility index (Phi) is 4.99. The van der Waals surface area contributed by atoms with Crippen molar-refractivity contribution < 1.29 is 23.5 Å². The van der Waals surface area contributed by atoms with E-state index in [1.54, 1.807) is 48.5 Å². The van der Waals surface area contributed by atoms with E-state index in [0.29, 0.717) is 40.1 Å². The Labute approximate surface area is 167 Å². The fourth-order valence-corrected chi connectivity index (χ4v) is 3.34. The van der Waals surface area contributed by atoms with E-state index in [4.69, 9.17) is 9.47 Å². The number of hydrogen-bond donors (Lipinski definition) is 1. The van der Waals surface area contributed by atoms with E-state index < -0.39 is 12.1 Å². The van der Waals surface area contributed by atoms with Gasteiger partial charge in [-0.25, -0.2) is 9.18 Å². The zero-order valence-electron chi connectivity index (χ0n) is 15.6. The molecular weight excluding hydrogens is 373 g/mol. The van der Waals surface area contributed by atoms with Crippen molar-refractivity contribution in [2.75, 3.05) is 12.4 Å². The second-order valence-electron chi connectivity index (χ2n) is 6.68. The van der Waals surface area contributed by atoms with Gasteiger partial charge in [0.2, 0.25) is 0 Å². The number of benzene rings is 3. The number of nitrogens with one attached hydrogen (secondary N) is 1. The first-order chi connectivity index (χ1) is 14.0.